The second-order valence-corrected chi connectivity index (χ2v) is 4.77. The van der Waals surface area contributed by atoms with Crippen LogP contribution >= 0.6 is 0 Å². The predicted molar refractivity (Wildman–Crippen MR) is 71.6 cm³/mol. The van der Waals surface area contributed by atoms with Crippen LogP contribution in [0.15, 0.2) is 30.3 Å². The Morgan fingerprint density at radius 2 is 1.88 bits per heavy atom. The Morgan fingerprint density at radius 1 is 1.19 bits per heavy atom. The van der Waals surface area contributed by atoms with Gasteiger partial charge >= 0.3 is 0 Å². The molecule has 2 unspecified atom stereocenters. The minimum absolute atomic E-state index is 0.757. The van der Waals surface area contributed by atoms with Gasteiger partial charge in [0.25, 0.3) is 0 Å². The molecule has 0 aliphatic carbocycles. The third-order valence-electron chi connectivity index (χ3n) is 3.36. The summed E-state index contributed by atoms with van der Waals surface area (Å²) >= 11 is 0. The summed E-state index contributed by atoms with van der Waals surface area (Å²) in [6, 6.07) is 10.8. The zero-order valence-corrected chi connectivity index (χ0v) is 10.9. The van der Waals surface area contributed by atoms with Gasteiger partial charge in [0, 0.05) is 0 Å². The van der Waals surface area contributed by atoms with Crippen molar-refractivity contribution in [2.45, 2.75) is 33.1 Å². The van der Waals surface area contributed by atoms with Crippen molar-refractivity contribution in [2.24, 2.45) is 11.8 Å². The van der Waals surface area contributed by atoms with Gasteiger partial charge in [0.15, 0.2) is 0 Å². The Hall–Kier alpha value is -0.820. The van der Waals surface area contributed by atoms with E-state index < -0.39 is 0 Å². The molecule has 0 heterocycles. The fraction of sp³-hybridized carbons (Fsp3) is 0.600. The molecular weight excluding hydrogens is 194 g/mol. The molecule has 0 saturated carbocycles. The van der Waals surface area contributed by atoms with E-state index in [1.54, 1.807) is 0 Å². The quantitative estimate of drug-likeness (QED) is 0.740. The lowest BCUT2D eigenvalue weighted by Crippen LogP contribution is -2.26. The molecule has 1 rings (SSSR count). The van der Waals surface area contributed by atoms with Crippen molar-refractivity contribution in [1.82, 2.24) is 5.32 Å². The third kappa shape index (κ3) is 4.36. The molecule has 1 aromatic carbocycles. The Bertz CT molecular complexity index is 268. The minimum Gasteiger partial charge on any atom is -0.319 e. The van der Waals surface area contributed by atoms with Crippen LogP contribution in [0.5, 0.6) is 0 Å². The molecule has 1 heteroatoms. The van der Waals surface area contributed by atoms with Gasteiger partial charge < -0.3 is 5.32 Å². The Morgan fingerprint density at radius 3 is 2.44 bits per heavy atom. The lowest BCUT2D eigenvalue weighted by molar-refractivity contribution is 0.325. The Labute approximate surface area is 100 Å². The summed E-state index contributed by atoms with van der Waals surface area (Å²) in [5, 5.41) is 3.33. The lowest BCUT2D eigenvalue weighted by Gasteiger charge is -2.23. The van der Waals surface area contributed by atoms with Crippen LogP contribution in [0.2, 0.25) is 0 Å². The van der Waals surface area contributed by atoms with Crippen molar-refractivity contribution >= 4 is 0 Å². The first-order chi connectivity index (χ1) is 7.77. The molecule has 0 aliphatic heterocycles. The molecule has 0 bridgehead atoms. The van der Waals surface area contributed by atoms with Gasteiger partial charge in [0.2, 0.25) is 0 Å². The Balaban J connectivity index is 2.57. The van der Waals surface area contributed by atoms with E-state index in [1.165, 1.54) is 24.8 Å². The Kier molecular flexibility index (Phi) is 6.17. The molecular formula is C15H25N. The maximum Gasteiger partial charge on any atom is -0.00178 e. The number of benzene rings is 1. The van der Waals surface area contributed by atoms with Crippen LogP contribution in [0.1, 0.15) is 32.3 Å². The topological polar surface area (TPSA) is 12.0 Å². The highest BCUT2D eigenvalue weighted by molar-refractivity contribution is 5.15. The highest BCUT2D eigenvalue weighted by atomic mass is 14.8. The van der Waals surface area contributed by atoms with Gasteiger partial charge in [0.05, 0.1) is 0 Å². The third-order valence-corrected chi connectivity index (χ3v) is 3.36. The number of rotatable bonds is 7. The zero-order valence-electron chi connectivity index (χ0n) is 10.9. The number of nitrogens with one attached hydrogen (secondary N) is 1. The van der Waals surface area contributed by atoms with E-state index in [-0.39, 0.29) is 0 Å². The SMILES string of the molecule is CCCC(C)C(CNC)Cc1ccccc1. The van der Waals surface area contributed by atoms with Crippen LogP contribution in [0.3, 0.4) is 0 Å². The summed E-state index contributed by atoms with van der Waals surface area (Å²) in [6.07, 6.45) is 3.82. The molecule has 0 radical (unpaired) electrons. The smallest absolute Gasteiger partial charge is 0.00178 e. The van der Waals surface area contributed by atoms with Crippen molar-refractivity contribution in [3.05, 3.63) is 35.9 Å². The van der Waals surface area contributed by atoms with Gasteiger partial charge in [-0.2, -0.15) is 0 Å². The van der Waals surface area contributed by atoms with Gasteiger partial charge in [-0.05, 0) is 37.4 Å². The second-order valence-electron chi connectivity index (χ2n) is 4.77. The van der Waals surface area contributed by atoms with Crippen LogP contribution in [0.4, 0.5) is 0 Å². The summed E-state index contributed by atoms with van der Waals surface area (Å²) < 4.78 is 0. The highest BCUT2D eigenvalue weighted by Crippen LogP contribution is 2.21. The van der Waals surface area contributed by atoms with Crippen molar-refractivity contribution in [1.29, 1.82) is 0 Å². The largest absolute Gasteiger partial charge is 0.319 e. The van der Waals surface area contributed by atoms with Crippen molar-refractivity contribution < 1.29 is 0 Å². The molecule has 0 aromatic heterocycles. The van der Waals surface area contributed by atoms with Gasteiger partial charge in [-0.1, -0.05) is 57.0 Å². The zero-order chi connectivity index (χ0) is 11.8. The number of hydrogen-bond acceptors (Lipinski definition) is 1. The lowest BCUT2D eigenvalue weighted by atomic mass is 9.85. The fourth-order valence-corrected chi connectivity index (χ4v) is 2.34. The maximum atomic E-state index is 3.33. The van der Waals surface area contributed by atoms with Crippen molar-refractivity contribution in [3.8, 4) is 0 Å². The molecule has 1 nitrogen and oxygen atoms in total. The van der Waals surface area contributed by atoms with E-state index >= 15 is 0 Å². The molecule has 0 fully saturated rings. The molecule has 0 saturated heterocycles. The van der Waals surface area contributed by atoms with Crippen LogP contribution in [-0.2, 0) is 6.42 Å². The van der Waals surface area contributed by atoms with Crippen molar-refractivity contribution in [3.63, 3.8) is 0 Å². The van der Waals surface area contributed by atoms with E-state index in [1.807, 2.05) is 0 Å². The first-order valence-electron chi connectivity index (χ1n) is 6.46. The molecule has 1 N–H and O–H groups in total. The van der Waals surface area contributed by atoms with E-state index in [0.29, 0.717) is 0 Å². The number of hydrogen-bond donors (Lipinski definition) is 1. The summed E-state index contributed by atoms with van der Waals surface area (Å²) in [5.74, 6) is 1.56. The monoisotopic (exact) mass is 219 g/mol. The molecule has 0 spiro atoms. The molecule has 1 aromatic rings. The maximum absolute atomic E-state index is 3.33. The molecule has 2 atom stereocenters. The van der Waals surface area contributed by atoms with Crippen LogP contribution in [0, 0.1) is 11.8 Å². The average Bonchev–Trinajstić information content (AvgIpc) is 2.30. The normalized spacial score (nSPS) is 14.7. The fourth-order valence-electron chi connectivity index (χ4n) is 2.34. The predicted octanol–water partition coefficient (Wildman–Crippen LogP) is 3.50. The summed E-state index contributed by atoms with van der Waals surface area (Å²) in [5.41, 5.74) is 1.46. The van der Waals surface area contributed by atoms with Gasteiger partial charge in [-0.15, -0.1) is 0 Å². The van der Waals surface area contributed by atoms with Gasteiger partial charge in [-0.3, -0.25) is 0 Å². The molecule has 16 heavy (non-hydrogen) atoms. The standard InChI is InChI=1S/C15H25N/c1-4-8-13(2)15(12-16-3)11-14-9-6-5-7-10-14/h5-7,9-10,13,15-16H,4,8,11-12H2,1-3H3. The first kappa shape index (κ1) is 13.2. The average molecular weight is 219 g/mol. The second kappa shape index (κ2) is 7.45. The van der Waals surface area contributed by atoms with Crippen LogP contribution in [0.25, 0.3) is 0 Å². The van der Waals surface area contributed by atoms with Gasteiger partial charge in [-0.25, -0.2) is 0 Å². The van der Waals surface area contributed by atoms with Crippen LogP contribution < -0.4 is 5.32 Å². The first-order valence-corrected chi connectivity index (χ1v) is 6.46. The molecule has 90 valence electrons. The van der Waals surface area contributed by atoms with E-state index in [2.05, 4.69) is 56.5 Å². The summed E-state index contributed by atoms with van der Waals surface area (Å²) in [6.45, 7) is 5.78. The van der Waals surface area contributed by atoms with Crippen LogP contribution in [-0.4, -0.2) is 13.6 Å². The highest BCUT2D eigenvalue weighted by Gasteiger charge is 2.16. The minimum atomic E-state index is 0.757. The van der Waals surface area contributed by atoms with E-state index in [9.17, 15) is 0 Å². The summed E-state index contributed by atoms with van der Waals surface area (Å²) in [4.78, 5) is 0. The van der Waals surface area contributed by atoms with E-state index in [0.717, 1.165) is 18.4 Å². The molecule has 0 amide bonds. The molecule has 0 aliphatic rings. The van der Waals surface area contributed by atoms with E-state index in [4.69, 9.17) is 0 Å². The van der Waals surface area contributed by atoms with Crippen molar-refractivity contribution in [2.75, 3.05) is 13.6 Å². The summed E-state index contributed by atoms with van der Waals surface area (Å²) in [7, 11) is 2.05. The van der Waals surface area contributed by atoms with Gasteiger partial charge in [0.1, 0.15) is 0 Å².